The fraction of sp³-hybridized carbons (Fsp3) is 0.300. The molecule has 0 saturated heterocycles. The molecule has 3 rings (SSSR count). The van der Waals surface area contributed by atoms with E-state index in [4.69, 9.17) is 11.6 Å². The lowest BCUT2D eigenvalue weighted by Gasteiger charge is -2.18. The highest BCUT2D eigenvalue weighted by atomic mass is 35.5. The van der Waals surface area contributed by atoms with Gasteiger partial charge in [0.1, 0.15) is 0 Å². The summed E-state index contributed by atoms with van der Waals surface area (Å²) < 4.78 is 0. The number of hydrogen-bond acceptors (Lipinski definition) is 1. The van der Waals surface area contributed by atoms with E-state index in [1.807, 2.05) is 12.1 Å². The van der Waals surface area contributed by atoms with E-state index in [1.165, 1.54) is 34.9 Å². The third kappa shape index (κ3) is 4.15. The zero-order valence-electron chi connectivity index (χ0n) is 13.5. The molecule has 0 fully saturated rings. The Kier molecular flexibility index (Phi) is 5.37. The molecule has 0 aliphatic heterocycles. The van der Waals surface area contributed by atoms with Gasteiger partial charge in [-0.05, 0) is 42.2 Å². The molecule has 0 saturated carbocycles. The van der Waals surface area contributed by atoms with E-state index >= 15 is 0 Å². The standard InChI is InChI=1S/C20H23ClN2/c1-2-5-18(22-13-15-8-10-17(21)11-9-15)12-16-14-23-20-7-4-3-6-19(16)20/h3-4,6-11,14,18,22-23H,2,5,12-13H2,1H3. The Bertz CT molecular complexity index is 746. The zero-order chi connectivity index (χ0) is 16.1. The molecule has 0 aliphatic carbocycles. The summed E-state index contributed by atoms with van der Waals surface area (Å²) in [5.41, 5.74) is 3.88. The third-order valence-corrected chi connectivity index (χ3v) is 4.54. The van der Waals surface area contributed by atoms with Gasteiger partial charge < -0.3 is 10.3 Å². The number of H-pyrrole nitrogens is 1. The van der Waals surface area contributed by atoms with Gasteiger partial charge in [0.15, 0.2) is 0 Å². The second kappa shape index (κ2) is 7.67. The van der Waals surface area contributed by atoms with E-state index in [1.54, 1.807) is 0 Å². The third-order valence-electron chi connectivity index (χ3n) is 4.29. The van der Waals surface area contributed by atoms with Crippen molar-refractivity contribution in [3.8, 4) is 0 Å². The minimum Gasteiger partial charge on any atom is -0.361 e. The fourth-order valence-corrected chi connectivity index (χ4v) is 3.18. The maximum absolute atomic E-state index is 5.95. The van der Waals surface area contributed by atoms with Crippen molar-refractivity contribution in [3.05, 3.63) is 70.9 Å². The number of halogens is 1. The lowest BCUT2D eigenvalue weighted by Crippen LogP contribution is -2.30. The van der Waals surface area contributed by atoms with Crippen LogP contribution in [-0.2, 0) is 13.0 Å². The van der Waals surface area contributed by atoms with E-state index in [2.05, 4.69) is 59.8 Å². The van der Waals surface area contributed by atoms with Crippen LogP contribution in [0.2, 0.25) is 5.02 Å². The predicted octanol–water partition coefficient (Wildman–Crippen LogP) is 5.32. The van der Waals surface area contributed by atoms with Crippen molar-refractivity contribution in [2.24, 2.45) is 0 Å². The molecule has 1 heterocycles. The zero-order valence-corrected chi connectivity index (χ0v) is 14.2. The van der Waals surface area contributed by atoms with Crippen molar-refractivity contribution < 1.29 is 0 Å². The van der Waals surface area contributed by atoms with Crippen LogP contribution in [0.15, 0.2) is 54.7 Å². The number of benzene rings is 2. The lowest BCUT2D eigenvalue weighted by atomic mass is 10.0. The Morgan fingerprint density at radius 3 is 2.65 bits per heavy atom. The topological polar surface area (TPSA) is 27.8 Å². The lowest BCUT2D eigenvalue weighted by molar-refractivity contribution is 0.473. The van der Waals surface area contributed by atoms with Gasteiger partial charge >= 0.3 is 0 Å². The monoisotopic (exact) mass is 326 g/mol. The van der Waals surface area contributed by atoms with Crippen molar-refractivity contribution in [3.63, 3.8) is 0 Å². The van der Waals surface area contributed by atoms with Crippen LogP contribution in [0.25, 0.3) is 10.9 Å². The number of aromatic nitrogens is 1. The highest BCUT2D eigenvalue weighted by Crippen LogP contribution is 2.20. The van der Waals surface area contributed by atoms with Crippen molar-refractivity contribution in [1.82, 2.24) is 10.3 Å². The quantitative estimate of drug-likeness (QED) is 0.604. The largest absolute Gasteiger partial charge is 0.361 e. The normalized spacial score (nSPS) is 12.6. The van der Waals surface area contributed by atoms with Crippen molar-refractivity contribution in [2.75, 3.05) is 0 Å². The molecule has 1 atom stereocenters. The molecule has 2 aromatic carbocycles. The molecule has 3 aromatic rings. The summed E-state index contributed by atoms with van der Waals surface area (Å²) in [4.78, 5) is 3.37. The molecule has 1 unspecified atom stereocenters. The van der Waals surface area contributed by atoms with Gasteiger partial charge in [0.05, 0.1) is 0 Å². The molecule has 0 bridgehead atoms. The molecule has 0 amide bonds. The Labute approximate surface area is 142 Å². The highest BCUT2D eigenvalue weighted by Gasteiger charge is 2.11. The molecule has 23 heavy (non-hydrogen) atoms. The number of para-hydroxylation sites is 1. The number of fused-ring (bicyclic) bond motifs is 1. The maximum atomic E-state index is 5.95. The van der Waals surface area contributed by atoms with Crippen LogP contribution < -0.4 is 5.32 Å². The molecule has 2 N–H and O–H groups in total. The predicted molar refractivity (Wildman–Crippen MR) is 99.0 cm³/mol. The van der Waals surface area contributed by atoms with Crippen molar-refractivity contribution >= 4 is 22.5 Å². The first-order valence-corrected chi connectivity index (χ1v) is 8.67. The molecule has 0 spiro atoms. The minimum atomic E-state index is 0.481. The molecule has 2 nitrogen and oxygen atoms in total. The molecule has 0 radical (unpaired) electrons. The second-order valence-corrected chi connectivity index (χ2v) is 6.49. The average molecular weight is 327 g/mol. The molecule has 0 aliphatic rings. The number of aromatic amines is 1. The van der Waals surface area contributed by atoms with Crippen molar-refractivity contribution in [2.45, 2.75) is 38.8 Å². The molecule has 120 valence electrons. The van der Waals surface area contributed by atoms with Gasteiger partial charge in [0, 0.05) is 34.7 Å². The van der Waals surface area contributed by atoms with E-state index in [0.717, 1.165) is 18.0 Å². The van der Waals surface area contributed by atoms with Crippen LogP contribution >= 0.6 is 11.6 Å². The second-order valence-electron chi connectivity index (χ2n) is 6.06. The Balaban J connectivity index is 1.67. The van der Waals surface area contributed by atoms with Crippen LogP contribution in [0, 0.1) is 0 Å². The summed E-state index contributed by atoms with van der Waals surface area (Å²) in [7, 11) is 0. The summed E-state index contributed by atoms with van der Waals surface area (Å²) in [5.74, 6) is 0. The molecular weight excluding hydrogens is 304 g/mol. The van der Waals surface area contributed by atoms with Crippen LogP contribution in [0.3, 0.4) is 0 Å². The van der Waals surface area contributed by atoms with Crippen LogP contribution in [-0.4, -0.2) is 11.0 Å². The first-order chi connectivity index (χ1) is 11.3. The number of rotatable bonds is 7. The number of hydrogen-bond donors (Lipinski definition) is 2. The molecule has 3 heteroatoms. The summed E-state index contributed by atoms with van der Waals surface area (Å²) in [6.07, 6.45) is 5.55. The summed E-state index contributed by atoms with van der Waals surface area (Å²) in [5, 5.41) is 5.83. The van der Waals surface area contributed by atoms with Gasteiger partial charge in [-0.15, -0.1) is 0 Å². The van der Waals surface area contributed by atoms with Crippen molar-refractivity contribution in [1.29, 1.82) is 0 Å². The summed E-state index contributed by atoms with van der Waals surface area (Å²) >= 11 is 5.95. The van der Waals surface area contributed by atoms with E-state index in [0.29, 0.717) is 6.04 Å². The van der Waals surface area contributed by atoms with Crippen LogP contribution in [0.4, 0.5) is 0 Å². The smallest absolute Gasteiger partial charge is 0.0456 e. The highest BCUT2D eigenvalue weighted by molar-refractivity contribution is 6.30. The van der Waals surface area contributed by atoms with Crippen LogP contribution in [0.5, 0.6) is 0 Å². The average Bonchev–Trinajstić information content (AvgIpc) is 2.97. The van der Waals surface area contributed by atoms with Gasteiger partial charge in [-0.1, -0.05) is 55.3 Å². The SMILES string of the molecule is CCCC(Cc1c[nH]c2ccccc12)NCc1ccc(Cl)cc1. The Morgan fingerprint density at radius 2 is 1.87 bits per heavy atom. The van der Waals surface area contributed by atoms with E-state index in [-0.39, 0.29) is 0 Å². The van der Waals surface area contributed by atoms with E-state index < -0.39 is 0 Å². The summed E-state index contributed by atoms with van der Waals surface area (Å²) in [6, 6.07) is 17.1. The minimum absolute atomic E-state index is 0.481. The van der Waals surface area contributed by atoms with Gasteiger partial charge in [-0.3, -0.25) is 0 Å². The van der Waals surface area contributed by atoms with Gasteiger partial charge in [-0.25, -0.2) is 0 Å². The van der Waals surface area contributed by atoms with E-state index in [9.17, 15) is 0 Å². The molecule has 1 aromatic heterocycles. The maximum Gasteiger partial charge on any atom is 0.0456 e. The first-order valence-electron chi connectivity index (χ1n) is 8.29. The van der Waals surface area contributed by atoms with Crippen LogP contribution in [0.1, 0.15) is 30.9 Å². The van der Waals surface area contributed by atoms with Gasteiger partial charge in [-0.2, -0.15) is 0 Å². The Morgan fingerprint density at radius 1 is 1.09 bits per heavy atom. The van der Waals surface area contributed by atoms with Gasteiger partial charge in [0.2, 0.25) is 0 Å². The molecular formula is C20H23ClN2. The summed E-state index contributed by atoms with van der Waals surface area (Å²) in [6.45, 7) is 3.12. The Hall–Kier alpha value is -1.77. The fourth-order valence-electron chi connectivity index (χ4n) is 3.06. The van der Waals surface area contributed by atoms with Gasteiger partial charge in [0.25, 0.3) is 0 Å². The number of nitrogens with one attached hydrogen (secondary N) is 2. The first kappa shape index (κ1) is 16.1.